The summed E-state index contributed by atoms with van der Waals surface area (Å²) in [5, 5.41) is 12.9. The highest BCUT2D eigenvalue weighted by molar-refractivity contribution is 6.43. The summed E-state index contributed by atoms with van der Waals surface area (Å²) >= 11 is 12.0. The summed E-state index contributed by atoms with van der Waals surface area (Å²) in [5.41, 5.74) is 1.72. The van der Waals surface area contributed by atoms with Gasteiger partial charge in [-0.15, -0.1) is 0 Å². The molecule has 0 unspecified atom stereocenters. The number of nitrogens with zero attached hydrogens (tertiary/aromatic N) is 1. The van der Waals surface area contributed by atoms with Crippen LogP contribution in [0.1, 0.15) is 10.4 Å². The maximum atomic E-state index is 11.2. The van der Waals surface area contributed by atoms with Crippen molar-refractivity contribution in [2.24, 2.45) is 0 Å². The second-order valence-electron chi connectivity index (χ2n) is 4.32. The van der Waals surface area contributed by atoms with Gasteiger partial charge in [0.25, 0.3) is 0 Å². The molecule has 3 N–H and O–H groups in total. The van der Waals surface area contributed by atoms with Crippen molar-refractivity contribution < 1.29 is 9.90 Å². The Balaban J connectivity index is 2.04. The van der Waals surface area contributed by atoms with Gasteiger partial charge in [0.15, 0.2) is 0 Å². The molecule has 106 valence electrons. The Bertz CT molecular complexity index is 845. The van der Waals surface area contributed by atoms with Crippen LogP contribution in [-0.2, 0) is 0 Å². The molecule has 21 heavy (non-hydrogen) atoms. The number of carboxylic acids is 1. The number of nitrogens with one attached hydrogen (secondary N) is 2. The van der Waals surface area contributed by atoms with E-state index in [-0.39, 0.29) is 5.56 Å². The van der Waals surface area contributed by atoms with E-state index in [1.165, 1.54) is 6.07 Å². The van der Waals surface area contributed by atoms with Gasteiger partial charge in [0.05, 0.1) is 26.8 Å². The van der Waals surface area contributed by atoms with Crippen LogP contribution in [0.15, 0.2) is 36.4 Å². The van der Waals surface area contributed by atoms with E-state index in [1.807, 2.05) is 0 Å². The van der Waals surface area contributed by atoms with Crippen molar-refractivity contribution in [1.29, 1.82) is 0 Å². The van der Waals surface area contributed by atoms with E-state index in [1.54, 1.807) is 30.3 Å². The van der Waals surface area contributed by atoms with E-state index in [2.05, 4.69) is 15.3 Å². The van der Waals surface area contributed by atoms with Gasteiger partial charge in [-0.1, -0.05) is 35.3 Å². The molecule has 0 fully saturated rings. The SMILES string of the molecule is O=C(O)c1cccc2[nH]c(Nc3cccc(Cl)c3Cl)nc12. The normalized spacial score (nSPS) is 10.8. The molecule has 0 aliphatic heterocycles. The third kappa shape index (κ3) is 2.53. The summed E-state index contributed by atoms with van der Waals surface area (Å²) in [4.78, 5) is 18.4. The van der Waals surface area contributed by atoms with Crippen LogP contribution in [0.3, 0.4) is 0 Å². The number of rotatable bonds is 3. The largest absolute Gasteiger partial charge is 0.478 e. The number of hydrogen-bond donors (Lipinski definition) is 3. The van der Waals surface area contributed by atoms with Gasteiger partial charge in [0.2, 0.25) is 5.95 Å². The van der Waals surface area contributed by atoms with Gasteiger partial charge in [-0.2, -0.15) is 0 Å². The van der Waals surface area contributed by atoms with E-state index in [9.17, 15) is 4.79 Å². The molecule has 7 heteroatoms. The number of imidazole rings is 1. The lowest BCUT2D eigenvalue weighted by atomic mass is 10.2. The number of carboxylic acid groups (broad SMARTS) is 1. The van der Waals surface area contributed by atoms with Gasteiger partial charge in [-0.3, -0.25) is 0 Å². The summed E-state index contributed by atoms with van der Waals surface area (Å²) in [5.74, 6) is -0.637. The third-order valence-corrected chi connectivity index (χ3v) is 3.77. The van der Waals surface area contributed by atoms with Crippen molar-refractivity contribution in [3.8, 4) is 0 Å². The number of halogens is 2. The molecule has 2 aromatic carbocycles. The molecule has 0 radical (unpaired) electrons. The van der Waals surface area contributed by atoms with Crippen LogP contribution in [-0.4, -0.2) is 21.0 Å². The average Bonchev–Trinajstić information content (AvgIpc) is 2.85. The number of aromatic nitrogens is 2. The fraction of sp³-hybridized carbons (Fsp3) is 0. The second kappa shape index (κ2) is 5.27. The Kier molecular flexibility index (Phi) is 3.45. The molecule has 3 rings (SSSR count). The first kappa shape index (κ1) is 13.7. The first-order chi connectivity index (χ1) is 10.1. The minimum Gasteiger partial charge on any atom is -0.478 e. The maximum Gasteiger partial charge on any atom is 0.337 e. The summed E-state index contributed by atoms with van der Waals surface area (Å²) in [6.45, 7) is 0. The zero-order valence-electron chi connectivity index (χ0n) is 10.5. The fourth-order valence-corrected chi connectivity index (χ4v) is 2.34. The molecule has 0 atom stereocenters. The smallest absolute Gasteiger partial charge is 0.337 e. The van der Waals surface area contributed by atoms with Crippen LogP contribution in [0.25, 0.3) is 11.0 Å². The van der Waals surface area contributed by atoms with Crippen molar-refractivity contribution in [2.75, 3.05) is 5.32 Å². The Morgan fingerprint density at radius 2 is 1.95 bits per heavy atom. The van der Waals surface area contributed by atoms with Crippen molar-refractivity contribution in [3.63, 3.8) is 0 Å². The summed E-state index contributed by atoms with van der Waals surface area (Å²) in [6, 6.07) is 10.1. The number of para-hydroxylation sites is 1. The van der Waals surface area contributed by atoms with Gasteiger partial charge >= 0.3 is 5.97 Å². The van der Waals surface area contributed by atoms with Crippen LogP contribution in [0.4, 0.5) is 11.6 Å². The molecule has 0 amide bonds. The van der Waals surface area contributed by atoms with E-state index in [0.29, 0.717) is 32.7 Å². The first-order valence-electron chi connectivity index (χ1n) is 5.99. The average molecular weight is 322 g/mol. The van der Waals surface area contributed by atoms with Gasteiger partial charge in [-0.25, -0.2) is 9.78 Å². The number of fused-ring (bicyclic) bond motifs is 1. The van der Waals surface area contributed by atoms with Gasteiger partial charge in [-0.05, 0) is 24.3 Å². The van der Waals surface area contributed by atoms with Crippen LogP contribution in [0, 0.1) is 0 Å². The number of hydrogen-bond acceptors (Lipinski definition) is 3. The van der Waals surface area contributed by atoms with Crippen molar-refractivity contribution >= 4 is 51.8 Å². The standard InChI is InChI=1S/C14H9Cl2N3O2/c15-8-4-2-5-9(11(8)16)17-14-18-10-6-1-3-7(13(20)21)12(10)19-14/h1-6H,(H,20,21)(H2,17,18,19). The lowest BCUT2D eigenvalue weighted by molar-refractivity contribution is 0.0699. The summed E-state index contributed by atoms with van der Waals surface area (Å²) < 4.78 is 0. The molecule has 1 aromatic heterocycles. The topological polar surface area (TPSA) is 78.0 Å². The summed E-state index contributed by atoms with van der Waals surface area (Å²) in [6.07, 6.45) is 0. The lowest BCUT2D eigenvalue weighted by Crippen LogP contribution is -1.97. The third-order valence-electron chi connectivity index (χ3n) is 2.95. The number of carbonyl (C=O) groups is 1. The molecule has 0 spiro atoms. The van der Waals surface area contributed by atoms with Crippen LogP contribution >= 0.6 is 23.2 Å². The lowest BCUT2D eigenvalue weighted by Gasteiger charge is -2.05. The van der Waals surface area contributed by atoms with E-state index >= 15 is 0 Å². The molecular weight excluding hydrogens is 313 g/mol. The van der Waals surface area contributed by atoms with Crippen molar-refractivity contribution in [3.05, 3.63) is 52.0 Å². The molecule has 1 heterocycles. The highest BCUT2D eigenvalue weighted by Gasteiger charge is 2.13. The van der Waals surface area contributed by atoms with Gasteiger partial charge < -0.3 is 15.4 Å². The zero-order valence-corrected chi connectivity index (χ0v) is 12.0. The molecule has 0 aliphatic rings. The minimum absolute atomic E-state index is 0.133. The minimum atomic E-state index is -1.03. The molecular formula is C14H9Cl2N3O2. The number of H-pyrrole nitrogens is 1. The summed E-state index contributed by atoms with van der Waals surface area (Å²) in [7, 11) is 0. The Morgan fingerprint density at radius 1 is 1.19 bits per heavy atom. The predicted octanol–water partition coefficient (Wildman–Crippen LogP) is 4.31. The Morgan fingerprint density at radius 3 is 2.71 bits per heavy atom. The maximum absolute atomic E-state index is 11.2. The Labute approximate surface area is 129 Å². The van der Waals surface area contributed by atoms with Crippen molar-refractivity contribution in [1.82, 2.24) is 9.97 Å². The molecule has 0 aliphatic carbocycles. The van der Waals surface area contributed by atoms with E-state index in [0.717, 1.165) is 0 Å². The number of aromatic amines is 1. The first-order valence-corrected chi connectivity index (χ1v) is 6.75. The highest BCUT2D eigenvalue weighted by atomic mass is 35.5. The van der Waals surface area contributed by atoms with E-state index in [4.69, 9.17) is 28.3 Å². The second-order valence-corrected chi connectivity index (χ2v) is 5.10. The van der Waals surface area contributed by atoms with Gasteiger partial charge in [0, 0.05) is 0 Å². The molecule has 0 saturated carbocycles. The predicted molar refractivity (Wildman–Crippen MR) is 82.8 cm³/mol. The molecule has 0 bridgehead atoms. The Hall–Kier alpha value is -2.24. The quantitative estimate of drug-likeness (QED) is 0.671. The molecule has 0 saturated heterocycles. The van der Waals surface area contributed by atoms with E-state index < -0.39 is 5.97 Å². The van der Waals surface area contributed by atoms with Crippen LogP contribution < -0.4 is 5.32 Å². The molecule has 5 nitrogen and oxygen atoms in total. The highest BCUT2D eigenvalue weighted by Crippen LogP contribution is 2.31. The zero-order chi connectivity index (χ0) is 15.0. The monoisotopic (exact) mass is 321 g/mol. The molecule has 3 aromatic rings. The van der Waals surface area contributed by atoms with Gasteiger partial charge in [0.1, 0.15) is 5.52 Å². The van der Waals surface area contributed by atoms with Crippen LogP contribution in [0.5, 0.6) is 0 Å². The van der Waals surface area contributed by atoms with Crippen molar-refractivity contribution in [2.45, 2.75) is 0 Å². The number of aromatic carboxylic acids is 1. The van der Waals surface area contributed by atoms with Crippen LogP contribution in [0.2, 0.25) is 10.0 Å². The fourth-order valence-electron chi connectivity index (χ4n) is 1.99. The number of anilines is 2. The number of benzene rings is 2.